The number of hydrogen-bond acceptors (Lipinski definition) is 3. The molecule has 1 aromatic heterocycles. The van der Waals surface area contributed by atoms with Crippen molar-refractivity contribution in [2.75, 3.05) is 11.1 Å². The van der Waals surface area contributed by atoms with Crippen molar-refractivity contribution in [2.24, 2.45) is 0 Å². The number of hydrogen-bond donors (Lipinski definition) is 2. The fourth-order valence-corrected chi connectivity index (χ4v) is 2.19. The summed E-state index contributed by atoms with van der Waals surface area (Å²) in [5.41, 5.74) is 6.01. The number of nitrogens with one attached hydrogen (secondary N) is 1. The van der Waals surface area contributed by atoms with Crippen LogP contribution in [0.25, 0.3) is 0 Å². The molecule has 0 radical (unpaired) electrons. The van der Waals surface area contributed by atoms with Crippen LogP contribution in [0.2, 0.25) is 5.02 Å². The molecule has 7 heteroatoms. The number of carbonyl (C=O) groups is 1. The Balaban J connectivity index is 2.28. The minimum atomic E-state index is -0.630. The molecule has 0 aliphatic carbocycles. The van der Waals surface area contributed by atoms with Crippen LogP contribution in [0.3, 0.4) is 0 Å². The molecule has 0 aliphatic rings. The summed E-state index contributed by atoms with van der Waals surface area (Å²) in [4.78, 5) is 15.6. The Labute approximate surface area is 121 Å². The van der Waals surface area contributed by atoms with Crippen LogP contribution in [0, 0.1) is 5.82 Å². The predicted molar refractivity (Wildman–Crippen MR) is 75.7 cm³/mol. The molecule has 0 atom stereocenters. The minimum absolute atomic E-state index is 0.0261. The van der Waals surface area contributed by atoms with Crippen LogP contribution in [0.5, 0.6) is 0 Å². The van der Waals surface area contributed by atoms with Gasteiger partial charge in [0, 0.05) is 9.50 Å². The monoisotopic (exact) mass is 343 g/mol. The summed E-state index contributed by atoms with van der Waals surface area (Å²) in [6.07, 6.45) is 0.949. The molecule has 4 nitrogen and oxygen atoms in total. The lowest BCUT2D eigenvalue weighted by atomic mass is 10.2. The zero-order valence-corrected chi connectivity index (χ0v) is 11.8. The molecule has 1 heterocycles. The molecule has 0 fully saturated rings. The van der Waals surface area contributed by atoms with E-state index in [4.69, 9.17) is 17.3 Å². The summed E-state index contributed by atoms with van der Waals surface area (Å²) in [7, 11) is 0. The lowest BCUT2D eigenvalue weighted by Crippen LogP contribution is -2.15. The number of anilines is 2. The van der Waals surface area contributed by atoms with Gasteiger partial charge in [-0.2, -0.15) is 0 Å². The largest absolute Gasteiger partial charge is 0.383 e. The van der Waals surface area contributed by atoms with Gasteiger partial charge in [0.15, 0.2) is 0 Å². The predicted octanol–water partition coefficient (Wildman–Crippen LogP) is 3.47. The second-order valence-electron chi connectivity index (χ2n) is 3.66. The number of halogens is 3. The molecule has 2 rings (SSSR count). The number of pyridine rings is 1. The summed E-state index contributed by atoms with van der Waals surface area (Å²) in [5.74, 6) is -1.22. The van der Waals surface area contributed by atoms with Gasteiger partial charge in [-0.3, -0.25) is 4.79 Å². The van der Waals surface area contributed by atoms with E-state index in [1.165, 1.54) is 0 Å². The van der Waals surface area contributed by atoms with Gasteiger partial charge in [0.25, 0.3) is 5.91 Å². The highest BCUT2D eigenvalue weighted by molar-refractivity contribution is 9.10. The third kappa shape index (κ3) is 3.21. The number of nitrogens with two attached hydrogens (primary N) is 1. The van der Waals surface area contributed by atoms with Gasteiger partial charge in [0.05, 0.1) is 17.4 Å². The molecule has 0 saturated heterocycles. The Bertz CT molecular complexity index is 651. The average molecular weight is 345 g/mol. The van der Waals surface area contributed by atoms with Gasteiger partial charge >= 0.3 is 0 Å². The summed E-state index contributed by atoms with van der Waals surface area (Å²) in [6, 6.07) is 5.90. The van der Waals surface area contributed by atoms with Gasteiger partial charge in [-0.1, -0.05) is 11.6 Å². The maximum Gasteiger partial charge on any atom is 0.259 e. The first-order chi connectivity index (χ1) is 8.97. The normalized spacial score (nSPS) is 10.3. The highest BCUT2D eigenvalue weighted by Gasteiger charge is 2.13. The topological polar surface area (TPSA) is 68.0 Å². The summed E-state index contributed by atoms with van der Waals surface area (Å²) < 4.78 is 13.7. The molecule has 0 bridgehead atoms. The first-order valence-corrected chi connectivity index (χ1v) is 6.32. The zero-order valence-electron chi connectivity index (χ0n) is 9.45. The zero-order chi connectivity index (χ0) is 14.0. The Morgan fingerprint density at radius 3 is 2.84 bits per heavy atom. The fraction of sp³-hybridized carbons (Fsp3) is 0. The highest BCUT2D eigenvalue weighted by atomic mass is 79.9. The van der Waals surface area contributed by atoms with E-state index in [9.17, 15) is 9.18 Å². The molecule has 0 saturated carbocycles. The summed E-state index contributed by atoms with van der Waals surface area (Å²) in [6.45, 7) is 0. The van der Waals surface area contributed by atoms with Crippen molar-refractivity contribution in [1.29, 1.82) is 0 Å². The smallest absolute Gasteiger partial charge is 0.259 e. The number of amides is 1. The van der Waals surface area contributed by atoms with E-state index >= 15 is 0 Å². The van der Waals surface area contributed by atoms with Gasteiger partial charge < -0.3 is 11.1 Å². The molecule has 1 amide bonds. The average Bonchev–Trinajstić information content (AvgIpc) is 2.35. The molecule has 2 aromatic rings. The van der Waals surface area contributed by atoms with E-state index < -0.39 is 11.7 Å². The van der Waals surface area contributed by atoms with Crippen molar-refractivity contribution in [1.82, 2.24) is 4.98 Å². The van der Waals surface area contributed by atoms with Crippen molar-refractivity contribution in [3.05, 3.63) is 51.3 Å². The quantitative estimate of drug-likeness (QED) is 0.876. The number of nitrogens with zero attached hydrogens (tertiary/aromatic N) is 1. The molecule has 98 valence electrons. The van der Waals surface area contributed by atoms with Crippen LogP contribution in [-0.2, 0) is 0 Å². The van der Waals surface area contributed by atoms with Gasteiger partial charge in [0.1, 0.15) is 11.6 Å². The molecule has 3 N–H and O–H groups in total. The van der Waals surface area contributed by atoms with E-state index in [1.54, 1.807) is 18.2 Å². The molecule has 19 heavy (non-hydrogen) atoms. The van der Waals surface area contributed by atoms with Gasteiger partial charge in [-0.05, 0) is 40.2 Å². The fourth-order valence-electron chi connectivity index (χ4n) is 1.41. The van der Waals surface area contributed by atoms with Crippen LogP contribution in [0.15, 0.2) is 34.9 Å². The Hall–Kier alpha value is -1.66. The first kappa shape index (κ1) is 13.8. The van der Waals surface area contributed by atoms with Gasteiger partial charge in [0.2, 0.25) is 0 Å². The van der Waals surface area contributed by atoms with Gasteiger partial charge in [-0.25, -0.2) is 9.37 Å². The molecular weight excluding hydrogens is 337 g/mol. The van der Waals surface area contributed by atoms with E-state index in [-0.39, 0.29) is 11.4 Å². The third-order valence-electron chi connectivity index (χ3n) is 2.31. The van der Waals surface area contributed by atoms with E-state index in [1.807, 2.05) is 0 Å². The molecule has 0 spiro atoms. The Morgan fingerprint density at radius 2 is 2.16 bits per heavy atom. The lowest BCUT2D eigenvalue weighted by Gasteiger charge is -2.09. The van der Waals surface area contributed by atoms with Crippen molar-refractivity contribution in [3.63, 3.8) is 0 Å². The van der Waals surface area contributed by atoms with E-state index in [0.29, 0.717) is 15.2 Å². The van der Waals surface area contributed by atoms with E-state index in [0.717, 1.165) is 12.3 Å². The second-order valence-corrected chi connectivity index (χ2v) is 4.96. The Kier molecular flexibility index (Phi) is 4.01. The first-order valence-electron chi connectivity index (χ1n) is 5.15. The van der Waals surface area contributed by atoms with Crippen LogP contribution in [-0.4, -0.2) is 10.9 Å². The van der Waals surface area contributed by atoms with Crippen molar-refractivity contribution >= 4 is 44.9 Å². The number of rotatable bonds is 2. The van der Waals surface area contributed by atoms with Crippen LogP contribution in [0.4, 0.5) is 15.9 Å². The summed E-state index contributed by atoms with van der Waals surface area (Å²) >= 11 is 9.06. The number of aromatic nitrogens is 1. The molecule has 0 aliphatic heterocycles. The second kappa shape index (κ2) is 5.54. The maximum atomic E-state index is 13.1. The van der Waals surface area contributed by atoms with Gasteiger partial charge in [-0.15, -0.1) is 0 Å². The number of nitrogen functional groups attached to an aromatic ring is 1. The van der Waals surface area contributed by atoms with Crippen molar-refractivity contribution in [2.45, 2.75) is 0 Å². The summed E-state index contributed by atoms with van der Waals surface area (Å²) in [5, 5.41) is 3.12. The van der Waals surface area contributed by atoms with Crippen molar-refractivity contribution < 1.29 is 9.18 Å². The van der Waals surface area contributed by atoms with Crippen molar-refractivity contribution in [3.8, 4) is 0 Å². The maximum absolute atomic E-state index is 13.1. The number of carbonyl (C=O) groups excluding carboxylic acids is 1. The number of benzene rings is 1. The van der Waals surface area contributed by atoms with E-state index in [2.05, 4.69) is 26.2 Å². The SMILES string of the molecule is Nc1ncc(F)cc1C(=O)Nc1ccc(Cl)cc1Br. The molecule has 0 unspecified atom stereocenters. The van der Waals surface area contributed by atoms with Crippen LogP contribution >= 0.6 is 27.5 Å². The third-order valence-corrected chi connectivity index (χ3v) is 3.20. The molecule has 1 aromatic carbocycles. The highest BCUT2D eigenvalue weighted by Crippen LogP contribution is 2.26. The lowest BCUT2D eigenvalue weighted by molar-refractivity contribution is 0.102. The minimum Gasteiger partial charge on any atom is -0.383 e. The Morgan fingerprint density at radius 1 is 1.42 bits per heavy atom. The molecular formula is C12H8BrClFN3O. The van der Waals surface area contributed by atoms with Crippen LogP contribution in [0.1, 0.15) is 10.4 Å². The standard InChI is InChI=1S/C12H8BrClFN3O/c13-9-3-6(14)1-2-10(9)18-12(19)8-4-7(15)5-17-11(8)16/h1-5H,(H2,16,17)(H,18,19). The van der Waals surface area contributed by atoms with Crippen LogP contribution < -0.4 is 11.1 Å².